The van der Waals surface area contributed by atoms with Crippen molar-refractivity contribution >= 4 is 46.7 Å². The molecule has 0 radical (unpaired) electrons. The number of benzene rings is 8. The molecule has 2 heteroatoms. The lowest BCUT2D eigenvalue weighted by atomic mass is 9.34. The van der Waals surface area contributed by atoms with E-state index in [4.69, 9.17) is 0 Å². The van der Waals surface area contributed by atoms with Gasteiger partial charge in [-0.3, -0.25) is 0 Å². The van der Waals surface area contributed by atoms with Gasteiger partial charge in [0.05, 0.1) is 0 Å². The highest BCUT2D eigenvalue weighted by Gasteiger charge is 2.84. The van der Waals surface area contributed by atoms with Gasteiger partial charge in [0.25, 0.3) is 0 Å². The Hall–Kier alpha value is -6.48. The van der Waals surface area contributed by atoms with E-state index >= 15 is 0 Å². The average Bonchev–Trinajstić information content (AvgIpc) is 3.93. The van der Waals surface area contributed by atoms with Gasteiger partial charge >= 0.3 is 0 Å². The van der Waals surface area contributed by atoms with E-state index in [1.54, 1.807) is 26.7 Å². The summed E-state index contributed by atoms with van der Waals surface area (Å²) in [6.07, 6.45) is 16.2. The van der Waals surface area contributed by atoms with E-state index in [1.165, 1.54) is 115 Å². The molecule has 72 heavy (non-hydrogen) atoms. The van der Waals surface area contributed by atoms with Crippen LogP contribution < -0.4 is 31.9 Å². The summed E-state index contributed by atoms with van der Waals surface area (Å²) in [5.74, 6) is 1.77. The van der Waals surface area contributed by atoms with Gasteiger partial charge in [0, 0.05) is 5.41 Å². The summed E-state index contributed by atoms with van der Waals surface area (Å²) in [7, 11) is -2.36. The second-order valence-corrected chi connectivity index (χ2v) is 27.8. The molecule has 8 aromatic carbocycles. The number of rotatable bonds is 9. The molecule has 14 rings (SSSR count). The molecule has 0 amide bonds. The molecule has 6 aliphatic rings. The molecule has 5 aliphatic carbocycles. The Balaban J connectivity index is 0.761. The van der Waals surface area contributed by atoms with E-state index in [2.05, 4.69) is 236 Å². The molecule has 6 unspecified atom stereocenters. The highest BCUT2D eigenvalue weighted by atomic mass is 28.3. The zero-order valence-corrected chi connectivity index (χ0v) is 44.0. The molecular formula is C70H65BSi. The lowest BCUT2D eigenvalue weighted by molar-refractivity contribution is 0.0380. The van der Waals surface area contributed by atoms with Gasteiger partial charge in [0.1, 0.15) is 0 Å². The normalized spacial score (nSPS) is 25.5. The maximum atomic E-state index is 2.76. The third kappa shape index (κ3) is 6.24. The van der Waals surface area contributed by atoms with Crippen LogP contribution in [0.2, 0.25) is 5.54 Å². The van der Waals surface area contributed by atoms with Gasteiger partial charge in [-0.15, -0.1) is 0 Å². The Morgan fingerprint density at radius 3 is 1.68 bits per heavy atom. The lowest BCUT2D eigenvalue weighted by Gasteiger charge is -2.49. The molecule has 8 aromatic rings. The number of fused-ring (bicyclic) bond motifs is 4. The van der Waals surface area contributed by atoms with Gasteiger partial charge < -0.3 is 0 Å². The highest BCUT2D eigenvalue weighted by molar-refractivity contribution is 7.15. The fourth-order valence-electron chi connectivity index (χ4n) is 17.4. The van der Waals surface area contributed by atoms with Crippen LogP contribution in [0.1, 0.15) is 77.5 Å². The Morgan fingerprint density at radius 2 is 1.07 bits per heavy atom. The van der Waals surface area contributed by atoms with Crippen LogP contribution >= 0.6 is 0 Å². The smallest absolute Gasteiger partial charge is 0.0825 e. The molecule has 0 aromatic heterocycles. The van der Waals surface area contributed by atoms with E-state index in [-0.39, 0.29) is 12.1 Å². The summed E-state index contributed by atoms with van der Waals surface area (Å²) in [5, 5.41) is 4.74. The largest absolute Gasteiger partial charge is 0.242 e. The molecule has 2 bridgehead atoms. The fourth-order valence-corrected chi connectivity index (χ4v) is 23.1. The zero-order valence-electron chi connectivity index (χ0n) is 43.0. The van der Waals surface area contributed by atoms with E-state index in [9.17, 15) is 0 Å². The monoisotopic (exact) mass is 944 g/mol. The standard InChI is InChI=1S/C70H65BSi/c1-45-34-47(3)66(48(4)35-45)71(67-49(5)36-46(2)37-50(67)6)58-19-15-18-54(39-58)53-17-14-16-52(38-53)51-26-28-57(29-27-51)70-43-68(40-55-41-69(70,44-70)63(55)42-68)56-30-32-60(33-31-56)72(59-20-8-7-9-21-59)64-24-12-10-22-61(64)62-23-11-13-25-65(62)72/h7-32,34-39,55,60,63H,33,40-44H2,1-6H3. The van der Waals surface area contributed by atoms with Crippen molar-refractivity contribution in [3.8, 4) is 33.4 Å². The predicted molar refractivity (Wildman–Crippen MR) is 308 cm³/mol. The predicted octanol–water partition coefficient (Wildman–Crippen LogP) is 13.2. The van der Waals surface area contributed by atoms with E-state index in [0.29, 0.717) is 16.4 Å². The van der Waals surface area contributed by atoms with Crippen molar-refractivity contribution in [2.24, 2.45) is 22.7 Å². The molecule has 0 N–H and O–H groups in total. The third-order valence-electron chi connectivity index (χ3n) is 20.0. The van der Waals surface area contributed by atoms with Crippen molar-refractivity contribution < 1.29 is 0 Å². The quantitative estimate of drug-likeness (QED) is 0.127. The van der Waals surface area contributed by atoms with Crippen LogP contribution in [0.5, 0.6) is 0 Å². The number of aryl methyl sites for hydroxylation is 6. The molecule has 4 fully saturated rings. The van der Waals surface area contributed by atoms with Crippen molar-refractivity contribution in [2.75, 3.05) is 0 Å². The second-order valence-electron chi connectivity index (χ2n) is 23.8. The Labute approximate surface area is 430 Å². The summed E-state index contributed by atoms with van der Waals surface area (Å²) in [6, 6.07) is 68.7. The van der Waals surface area contributed by atoms with Crippen LogP contribution in [0.15, 0.2) is 200 Å². The summed E-state index contributed by atoms with van der Waals surface area (Å²) in [5.41, 5.74) is 25.3. The maximum absolute atomic E-state index is 2.76. The molecule has 352 valence electrons. The van der Waals surface area contributed by atoms with Crippen LogP contribution in [0.25, 0.3) is 33.4 Å². The first-order valence-electron chi connectivity index (χ1n) is 27.1. The topological polar surface area (TPSA) is 0 Å². The molecule has 1 spiro atoms. The Bertz CT molecular complexity index is 3450. The molecule has 6 atom stereocenters. The van der Waals surface area contributed by atoms with Gasteiger partial charge in [-0.2, -0.15) is 0 Å². The number of allylic oxidation sites excluding steroid dienone is 4. The third-order valence-corrected chi connectivity index (χ3v) is 25.3. The maximum Gasteiger partial charge on any atom is 0.242 e. The number of hydrogen-bond donors (Lipinski definition) is 0. The van der Waals surface area contributed by atoms with Crippen LogP contribution in [0, 0.1) is 64.2 Å². The minimum atomic E-state index is -2.36. The first kappa shape index (κ1) is 44.2. The minimum Gasteiger partial charge on any atom is -0.0825 e. The van der Waals surface area contributed by atoms with Crippen LogP contribution in [-0.4, -0.2) is 14.8 Å². The zero-order chi connectivity index (χ0) is 48.7. The summed E-state index contributed by atoms with van der Waals surface area (Å²) >= 11 is 0. The highest BCUT2D eigenvalue weighted by Crippen LogP contribution is 2.90. The minimum absolute atomic E-state index is 0.149. The van der Waals surface area contributed by atoms with Gasteiger partial charge in [-0.25, -0.2) is 0 Å². The average molecular weight is 945 g/mol. The molecule has 0 saturated heterocycles. The SMILES string of the molecule is Cc1cc(C)c(B(c2cccc(-c3cccc(-c4ccc(C56CC7(C8=CCC([Si]9(c%10ccccc%10)c%10ccccc%10-c%10ccccc%109)C=C8)CC8CC5(C6)C8C7)cc4)c3)c2)c2c(C)cc(C)cc2C)c(C)c1. The molecule has 1 aliphatic heterocycles. The van der Waals surface area contributed by atoms with Gasteiger partial charge in [0.2, 0.25) is 6.71 Å². The van der Waals surface area contributed by atoms with Gasteiger partial charge in [-0.1, -0.05) is 238 Å². The van der Waals surface area contributed by atoms with Crippen molar-refractivity contribution in [1.82, 2.24) is 0 Å². The Morgan fingerprint density at radius 1 is 0.500 bits per heavy atom. The summed E-state index contributed by atoms with van der Waals surface area (Å²) in [6.45, 7) is 13.8. The molecule has 4 saturated carbocycles. The van der Waals surface area contributed by atoms with E-state index < -0.39 is 8.07 Å². The van der Waals surface area contributed by atoms with E-state index in [0.717, 1.165) is 18.3 Å². The molecule has 0 nitrogen and oxygen atoms in total. The first-order chi connectivity index (χ1) is 35.0. The van der Waals surface area contributed by atoms with Crippen molar-refractivity contribution in [3.05, 3.63) is 239 Å². The summed E-state index contributed by atoms with van der Waals surface area (Å²) in [4.78, 5) is 0. The van der Waals surface area contributed by atoms with Crippen molar-refractivity contribution in [2.45, 2.75) is 91.0 Å². The van der Waals surface area contributed by atoms with E-state index in [1.807, 2.05) is 0 Å². The number of hydrogen-bond acceptors (Lipinski definition) is 0. The van der Waals surface area contributed by atoms with Crippen molar-refractivity contribution in [1.29, 1.82) is 0 Å². The van der Waals surface area contributed by atoms with Crippen LogP contribution in [-0.2, 0) is 5.41 Å². The Kier molecular flexibility index (Phi) is 9.84. The van der Waals surface area contributed by atoms with Crippen LogP contribution in [0.4, 0.5) is 0 Å². The molecular weight excluding hydrogens is 880 g/mol. The van der Waals surface area contributed by atoms with Crippen molar-refractivity contribution in [3.63, 3.8) is 0 Å². The lowest BCUT2D eigenvalue weighted by Crippen LogP contribution is -2.67. The second kappa shape index (κ2) is 16.0. The van der Waals surface area contributed by atoms with Gasteiger partial charge in [-0.05, 0) is 174 Å². The van der Waals surface area contributed by atoms with Gasteiger partial charge in [0.15, 0.2) is 8.07 Å². The fraction of sp³-hybridized carbons (Fsp3) is 0.257. The molecule has 1 heterocycles. The first-order valence-corrected chi connectivity index (χ1v) is 29.2. The summed E-state index contributed by atoms with van der Waals surface area (Å²) < 4.78 is 0. The van der Waals surface area contributed by atoms with Crippen LogP contribution in [0.3, 0.4) is 0 Å².